The lowest BCUT2D eigenvalue weighted by atomic mass is 10.0. The lowest BCUT2D eigenvalue weighted by Gasteiger charge is -2.16. The summed E-state index contributed by atoms with van der Waals surface area (Å²) in [6, 6.07) is 21.1. The Morgan fingerprint density at radius 1 is 0.969 bits per heavy atom. The average Bonchev–Trinajstić information content (AvgIpc) is 2.78. The number of hydrogen-bond acceptors (Lipinski definition) is 4. The number of carbonyl (C=O) groups excluding carboxylic acids is 1. The van der Waals surface area contributed by atoms with E-state index in [1.54, 1.807) is 30.3 Å². The van der Waals surface area contributed by atoms with Gasteiger partial charge in [0.15, 0.2) is 9.84 Å². The Bertz CT molecular complexity index is 1400. The Labute approximate surface area is 185 Å². The molecule has 5 nitrogen and oxygen atoms in total. The number of hydrogen-bond donors (Lipinski definition) is 1. The number of para-hydroxylation sites is 1. The van der Waals surface area contributed by atoms with E-state index in [-0.39, 0.29) is 22.7 Å². The number of benzene rings is 3. The second kappa shape index (κ2) is 8.51. The molecule has 4 aromatic rings. The van der Waals surface area contributed by atoms with E-state index in [0.717, 1.165) is 11.8 Å². The van der Waals surface area contributed by atoms with E-state index in [4.69, 9.17) is 0 Å². The van der Waals surface area contributed by atoms with Crippen molar-refractivity contribution in [2.75, 3.05) is 6.26 Å². The predicted molar refractivity (Wildman–Crippen MR) is 123 cm³/mol. The molecule has 0 bridgehead atoms. The molecule has 0 aliphatic carbocycles. The lowest BCUT2D eigenvalue weighted by molar-refractivity contribution is 0.0941. The van der Waals surface area contributed by atoms with Crippen molar-refractivity contribution in [3.8, 4) is 11.3 Å². The maximum absolute atomic E-state index is 13.3. The molecule has 0 aliphatic rings. The molecule has 1 atom stereocenters. The first-order chi connectivity index (χ1) is 15.2. The zero-order valence-electron chi connectivity index (χ0n) is 17.5. The molecule has 1 amide bonds. The van der Waals surface area contributed by atoms with Crippen LogP contribution in [0.3, 0.4) is 0 Å². The molecular formula is C25H21FN2O3S. The normalized spacial score (nSPS) is 12.5. The van der Waals surface area contributed by atoms with Crippen molar-refractivity contribution in [2.24, 2.45) is 0 Å². The molecule has 0 saturated heterocycles. The Hall–Kier alpha value is -3.58. The summed E-state index contributed by atoms with van der Waals surface area (Å²) in [4.78, 5) is 18.1. The van der Waals surface area contributed by atoms with Crippen LogP contribution in [0.4, 0.5) is 4.39 Å². The number of pyridine rings is 1. The number of fused-ring (bicyclic) bond motifs is 1. The molecular weight excluding hydrogens is 427 g/mol. The van der Waals surface area contributed by atoms with Crippen LogP contribution < -0.4 is 5.32 Å². The molecule has 1 N–H and O–H groups in total. The number of aromatic nitrogens is 1. The molecule has 4 rings (SSSR count). The molecule has 162 valence electrons. The van der Waals surface area contributed by atoms with E-state index < -0.39 is 9.84 Å². The van der Waals surface area contributed by atoms with E-state index in [2.05, 4.69) is 10.3 Å². The van der Waals surface area contributed by atoms with Crippen LogP contribution in [0.2, 0.25) is 0 Å². The molecule has 0 radical (unpaired) electrons. The van der Waals surface area contributed by atoms with Crippen molar-refractivity contribution < 1.29 is 17.6 Å². The van der Waals surface area contributed by atoms with E-state index in [9.17, 15) is 17.6 Å². The predicted octanol–water partition coefficient (Wildman–Crippen LogP) is 4.94. The summed E-state index contributed by atoms with van der Waals surface area (Å²) in [5, 5.41) is 3.68. The molecule has 1 aromatic heterocycles. The second-order valence-electron chi connectivity index (χ2n) is 7.62. The molecule has 0 spiro atoms. The Morgan fingerprint density at radius 2 is 1.62 bits per heavy atom. The monoisotopic (exact) mass is 448 g/mol. The van der Waals surface area contributed by atoms with Gasteiger partial charge in [-0.3, -0.25) is 4.79 Å². The third-order valence-corrected chi connectivity index (χ3v) is 6.39. The Kier molecular flexibility index (Phi) is 5.76. The van der Waals surface area contributed by atoms with Gasteiger partial charge in [0.05, 0.1) is 27.7 Å². The number of amides is 1. The van der Waals surface area contributed by atoms with E-state index in [1.807, 2.05) is 31.2 Å². The highest BCUT2D eigenvalue weighted by Gasteiger charge is 2.17. The van der Waals surface area contributed by atoms with E-state index in [1.165, 1.54) is 24.3 Å². The molecule has 7 heteroatoms. The fraction of sp³-hybridized carbons (Fsp3) is 0.120. The van der Waals surface area contributed by atoms with Gasteiger partial charge in [-0.15, -0.1) is 0 Å². The number of sulfone groups is 1. The van der Waals surface area contributed by atoms with Crippen molar-refractivity contribution in [1.29, 1.82) is 0 Å². The van der Waals surface area contributed by atoms with Crippen LogP contribution in [-0.2, 0) is 9.84 Å². The van der Waals surface area contributed by atoms with Crippen molar-refractivity contribution in [2.45, 2.75) is 17.9 Å². The largest absolute Gasteiger partial charge is 0.345 e. The molecule has 0 unspecified atom stereocenters. The van der Waals surface area contributed by atoms with Crippen molar-refractivity contribution in [3.63, 3.8) is 0 Å². The van der Waals surface area contributed by atoms with Gasteiger partial charge in [0, 0.05) is 17.2 Å². The molecule has 0 saturated carbocycles. The fourth-order valence-corrected chi connectivity index (χ4v) is 4.12. The minimum absolute atomic E-state index is 0.226. The highest BCUT2D eigenvalue weighted by atomic mass is 32.2. The summed E-state index contributed by atoms with van der Waals surface area (Å²) < 4.78 is 36.7. The number of carbonyl (C=O) groups is 1. The summed E-state index contributed by atoms with van der Waals surface area (Å²) in [5.41, 5.74) is 3.16. The number of nitrogens with zero attached hydrogens (tertiary/aromatic N) is 1. The quantitative estimate of drug-likeness (QED) is 0.469. The second-order valence-corrected chi connectivity index (χ2v) is 9.63. The summed E-state index contributed by atoms with van der Waals surface area (Å²) >= 11 is 0. The van der Waals surface area contributed by atoms with Crippen molar-refractivity contribution in [1.82, 2.24) is 10.3 Å². The van der Waals surface area contributed by atoms with Crippen LogP contribution in [0, 0.1) is 5.82 Å². The summed E-state index contributed by atoms with van der Waals surface area (Å²) in [5.74, 6) is -0.630. The third-order valence-electron chi connectivity index (χ3n) is 5.26. The molecule has 0 aliphatic heterocycles. The SMILES string of the molecule is C[C@H](NC(=O)c1cc(-c2ccc(F)cc2)nc2ccccc12)c1ccc(S(C)(=O)=O)cc1. The van der Waals surface area contributed by atoms with E-state index >= 15 is 0 Å². The van der Waals surface area contributed by atoms with Crippen LogP contribution in [0.15, 0.2) is 83.8 Å². The smallest absolute Gasteiger partial charge is 0.252 e. The van der Waals surface area contributed by atoms with Crippen LogP contribution in [0.25, 0.3) is 22.2 Å². The minimum Gasteiger partial charge on any atom is -0.345 e. The maximum Gasteiger partial charge on any atom is 0.252 e. The average molecular weight is 449 g/mol. The lowest BCUT2D eigenvalue weighted by Crippen LogP contribution is -2.27. The van der Waals surface area contributed by atoms with Gasteiger partial charge >= 0.3 is 0 Å². The topological polar surface area (TPSA) is 76.1 Å². The molecule has 32 heavy (non-hydrogen) atoms. The van der Waals surface area contributed by atoms with Gasteiger partial charge in [-0.05, 0) is 61.0 Å². The van der Waals surface area contributed by atoms with Gasteiger partial charge in [0.25, 0.3) is 5.91 Å². The van der Waals surface area contributed by atoms with Gasteiger partial charge in [-0.25, -0.2) is 17.8 Å². The summed E-state index contributed by atoms with van der Waals surface area (Å²) in [7, 11) is -3.29. The van der Waals surface area contributed by atoms with Gasteiger partial charge in [-0.1, -0.05) is 30.3 Å². The fourth-order valence-electron chi connectivity index (χ4n) is 3.49. The number of halogens is 1. The third kappa shape index (κ3) is 4.53. The first-order valence-electron chi connectivity index (χ1n) is 9.99. The van der Waals surface area contributed by atoms with Gasteiger partial charge < -0.3 is 5.32 Å². The first kappa shape index (κ1) is 21.6. The highest BCUT2D eigenvalue weighted by molar-refractivity contribution is 7.90. The minimum atomic E-state index is -3.29. The standard InChI is InChI=1S/C25H21FN2O3S/c1-16(17-9-13-20(14-10-17)32(2,30)31)27-25(29)22-15-24(18-7-11-19(26)12-8-18)28-23-6-4-3-5-21(22)23/h3-16H,1-2H3,(H,27,29)/t16-/m0/s1. The van der Waals surface area contributed by atoms with Crippen LogP contribution >= 0.6 is 0 Å². The van der Waals surface area contributed by atoms with Gasteiger partial charge in [0.1, 0.15) is 5.82 Å². The van der Waals surface area contributed by atoms with E-state index in [0.29, 0.717) is 27.7 Å². The van der Waals surface area contributed by atoms with Gasteiger partial charge in [0.2, 0.25) is 0 Å². The van der Waals surface area contributed by atoms with Crippen LogP contribution in [0.5, 0.6) is 0 Å². The zero-order chi connectivity index (χ0) is 22.9. The van der Waals surface area contributed by atoms with Crippen LogP contribution in [-0.4, -0.2) is 25.6 Å². The Morgan fingerprint density at radius 3 is 2.28 bits per heavy atom. The number of nitrogens with one attached hydrogen (secondary N) is 1. The van der Waals surface area contributed by atoms with Crippen molar-refractivity contribution in [3.05, 3.63) is 95.8 Å². The highest BCUT2D eigenvalue weighted by Crippen LogP contribution is 2.26. The van der Waals surface area contributed by atoms with Crippen LogP contribution in [0.1, 0.15) is 28.9 Å². The maximum atomic E-state index is 13.3. The summed E-state index contributed by atoms with van der Waals surface area (Å²) in [6.07, 6.45) is 1.15. The summed E-state index contributed by atoms with van der Waals surface area (Å²) in [6.45, 7) is 1.83. The first-order valence-corrected chi connectivity index (χ1v) is 11.9. The Balaban J connectivity index is 1.67. The van der Waals surface area contributed by atoms with Crippen molar-refractivity contribution >= 4 is 26.6 Å². The molecule has 0 fully saturated rings. The zero-order valence-corrected chi connectivity index (χ0v) is 18.4. The molecule has 1 heterocycles. The van der Waals surface area contributed by atoms with Gasteiger partial charge in [-0.2, -0.15) is 0 Å². The molecule has 3 aromatic carbocycles. The number of rotatable bonds is 5.